The van der Waals surface area contributed by atoms with Crippen molar-refractivity contribution in [3.63, 3.8) is 0 Å². The highest BCUT2D eigenvalue weighted by molar-refractivity contribution is 5.94. The molecule has 38 heavy (non-hydrogen) atoms. The fourth-order valence-electron chi connectivity index (χ4n) is 5.04. The Morgan fingerprint density at radius 2 is 1.55 bits per heavy atom. The summed E-state index contributed by atoms with van der Waals surface area (Å²) < 4.78 is 5.44. The molecule has 1 atom stereocenters. The van der Waals surface area contributed by atoms with Crippen LogP contribution in [0.2, 0.25) is 0 Å². The van der Waals surface area contributed by atoms with Crippen molar-refractivity contribution in [2.45, 2.75) is 26.4 Å². The Labute approximate surface area is 226 Å². The van der Waals surface area contributed by atoms with Crippen molar-refractivity contribution in [2.75, 3.05) is 46.3 Å². The number of carbonyl (C=O) groups excluding carboxylic acids is 2. The van der Waals surface area contributed by atoms with Gasteiger partial charge in [0.25, 0.3) is 5.91 Å². The Balaban J connectivity index is 1.58. The van der Waals surface area contributed by atoms with Gasteiger partial charge in [-0.15, -0.1) is 0 Å². The van der Waals surface area contributed by atoms with E-state index in [-0.39, 0.29) is 11.9 Å². The summed E-state index contributed by atoms with van der Waals surface area (Å²) in [6, 6.07) is 26.3. The molecule has 3 aromatic carbocycles. The largest absolute Gasteiger partial charge is 0.412 e. The van der Waals surface area contributed by atoms with Crippen molar-refractivity contribution in [3.8, 4) is 5.75 Å². The number of ether oxygens (including phenoxy) is 1. The molecule has 4 rings (SSSR count). The van der Waals surface area contributed by atoms with E-state index in [0.29, 0.717) is 24.4 Å². The molecule has 1 aliphatic heterocycles. The summed E-state index contributed by atoms with van der Waals surface area (Å²) >= 11 is 0. The van der Waals surface area contributed by atoms with Crippen LogP contribution >= 0.6 is 0 Å². The van der Waals surface area contributed by atoms with Gasteiger partial charge in [-0.05, 0) is 54.8 Å². The third-order valence-corrected chi connectivity index (χ3v) is 7.13. The topological polar surface area (TPSA) is 65.1 Å². The maximum Gasteiger partial charge on any atom is 0.412 e. The maximum atomic E-state index is 12.9. The van der Waals surface area contributed by atoms with Gasteiger partial charge < -0.3 is 15.0 Å². The molecule has 1 unspecified atom stereocenters. The quantitative estimate of drug-likeness (QED) is 0.445. The van der Waals surface area contributed by atoms with Gasteiger partial charge in [0.05, 0.1) is 6.04 Å². The fraction of sp³-hybridized carbons (Fsp3) is 0.355. The van der Waals surface area contributed by atoms with Crippen LogP contribution in [0, 0.1) is 0 Å². The average molecular weight is 515 g/mol. The van der Waals surface area contributed by atoms with Gasteiger partial charge in [-0.3, -0.25) is 14.6 Å². The molecule has 0 saturated carbocycles. The highest BCUT2D eigenvalue weighted by Gasteiger charge is 2.27. The van der Waals surface area contributed by atoms with Crippen molar-refractivity contribution in [3.05, 3.63) is 101 Å². The normalized spacial score (nSPS) is 15.0. The van der Waals surface area contributed by atoms with Crippen molar-refractivity contribution in [2.24, 2.45) is 0 Å². The molecule has 7 heteroatoms. The van der Waals surface area contributed by atoms with E-state index < -0.39 is 6.09 Å². The van der Waals surface area contributed by atoms with Gasteiger partial charge in [0.2, 0.25) is 0 Å². The first kappa shape index (κ1) is 27.4. The van der Waals surface area contributed by atoms with Crippen LogP contribution in [0.15, 0.2) is 78.9 Å². The van der Waals surface area contributed by atoms with Crippen molar-refractivity contribution in [1.82, 2.24) is 20.0 Å². The molecule has 0 radical (unpaired) electrons. The lowest BCUT2D eigenvalue weighted by Crippen LogP contribution is -2.47. The number of benzene rings is 3. The van der Waals surface area contributed by atoms with E-state index in [1.165, 1.54) is 5.56 Å². The minimum Gasteiger partial charge on any atom is -0.410 e. The van der Waals surface area contributed by atoms with Gasteiger partial charge in [0, 0.05) is 58.4 Å². The van der Waals surface area contributed by atoms with Crippen molar-refractivity contribution >= 4 is 12.0 Å². The van der Waals surface area contributed by atoms with Crippen LogP contribution in [-0.2, 0) is 6.54 Å². The van der Waals surface area contributed by atoms with Gasteiger partial charge in [-0.1, -0.05) is 54.6 Å². The van der Waals surface area contributed by atoms with Gasteiger partial charge >= 0.3 is 6.09 Å². The Kier molecular flexibility index (Phi) is 9.51. The molecule has 200 valence electrons. The average Bonchev–Trinajstić information content (AvgIpc) is 2.96. The number of carbonyl (C=O) groups is 2. The third-order valence-electron chi connectivity index (χ3n) is 7.13. The minimum absolute atomic E-state index is 0.0280. The molecule has 1 aliphatic rings. The molecule has 0 bridgehead atoms. The number of piperazine rings is 1. The van der Waals surface area contributed by atoms with Crippen LogP contribution in [0.5, 0.6) is 5.75 Å². The first-order valence-electron chi connectivity index (χ1n) is 13.4. The zero-order chi connectivity index (χ0) is 26.9. The second-order valence-electron chi connectivity index (χ2n) is 9.51. The monoisotopic (exact) mass is 514 g/mol. The van der Waals surface area contributed by atoms with Gasteiger partial charge in [0.1, 0.15) is 5.75 Å². The lowest BCUT2D eigenvalue weighted by molar-refractivity contribution is 0.0772. The molecule has 0 spiro atoms. The smallest absolute Gasteiger partial charge is 0.410 e. The molecular weight excluding hydrogens is 476 g/mol. The zero-order valence-electron chi connectivity index (χ0n) is 22.6. The molecule has 2 amide bonds. The summed E-state index contributed by atoms with van der Waals surface area (Å²) in [5.41, 5.74) is 4.17. The Hall–Kier alpha value is -3.68. The molecule has 7 nitrogen and oxygen atoms in total. The fourth-order valence-corrected chi connectivity index (χ4v) is 5.04. The molecule has 1 heterocycles. The van der Waals surface area contributed by atoms with Crippen LogP contribution in [0.3, 0.4) is 0 Å². The van der Waals surface area contributed by atoms with E-state index in [9.17, 15) is 9.59 Å². The lowest BCUT2D eigenvalue weighted by atomic mass is 9.95. The Morgan fingerprint density at radius 1 is 0.868 bits per heavy atom. The number of hydrogen-bond acceptors (Lipinski definition) is 5. The van der Waals surface area contributed by atoms with E-state index in [0.717, 1.165) is 43.9 Å². The van der Waals surface area contributed by atoms with Crippen LogP contribution in [0.4, 0.5) is 4.79 Å². The molecule has 0 aromatic heterocycles. The Morgan fingerprint density at radius 3 is 2.18 bits per heavy atom. The number of rotatable bonds is 9. The van der Waals surface area contributed by atoms with Crippen LogP contribution < -0.4 is 10.1 Å². The van der Waals surface area contributed by atoms with E-state index in [4.69, 9.17) is 4.74 Å². The summed E-state index contributed by atoms with van der Waals surface area (Å²) in [5.74, 6) is 0.552. The maximum absolute atomic E-state index is 12.9. The van der Waals surface area contributed by atoms with Crippen molar-refractivity contribution < 1.29 is 14.3 Å². The number of hydrogen-bond donors (Lipinski definition) is 1. The number of amides is 2. The first-order valence-corrected chi connectivity index (χ1v) is 13.4. The minimum atomic E-state index is -0.493. The lowest BCUT2D eigenvalue weighted by Gasteiger charge is -2.40. The van der Waals surface area contributed by atoms with E-state index in [1.807, 2.05) is 43.0 Å². The molecule has 1 N–H and O–H groups in total. The van der Waals surface area contributed by atoms with Crippen LogP contribution in [-0.4, -0.2) is 73.0 Å². The SMILES string of the molecule is CCN(CC)C(=O)c1ccc(C(c2cccc(OC(=O)NC)c2)N2CCN(Cc3ccccc3)CC2)cc1. The van der Waals surface area contributed by atoms with Crippen molar-refractivity contribution in [1.29, 1.82) is 0 Å². The summed E-state index contributed by atoms with van der Waals surface area (Å²) in [6.07, 6.45) is -0.493. The molecule has 0 aliphatic carbocycles. The highest BCUT2D eigenvalue weighted by atomic mass is 16.5. The highest BCUT2D eigenvalue weighted by Crippen LogP contribution is 2.32. The summed E-state index contributed by atoms with van der Waals surface area (Å²) in [4.78, 5) is 31.5. The van der Waals surface area contributed by atoms with E-state index >= 15 is 0 Å². The molecular formula is C31H38N4O3. The Bertz CT molecular complexity index is 1190. The second kappa shape index (κ2) is 13.2. The van der Waals surface area contributed by atoms with Gasteiger partial charge in [0.15, 0.2) is 0 Å². The van der Waals surface area contributed by atoms with Gasteiger partial charge in [-0.2, -0.15) is 0 Å². The standard InChI is InChI=1S/C31H38N4O3/c1-4-34(5-2)30(36)26-16-14-25(15-17-26)29(27-12-9-13-28(22-27)38-31(37)32-3)35-20-18-33(19-21-35)23-24-10-7-6-8-11-24/h6-17,22,29H,4-5,18-21,23H2,1-3H3,(H,32,37). The first-order chi connectivity index (χ1) is 18.5. The summed E-state index contributed by atoms with van der Waals surface area (Å²) in [5, 5.41) is 2.50. The molecule has 1 fully saturated rings. The predicted octanol–water partition coefficient (Wildman–Crippen LogP) is 4.79. The molecule has 3 aromatic rings. The zero-order valence-corrected chi connectivity index (χ0v) is 22.6. The van der Waals surface area contributed by atoms with Crippen LogP contribution in [0.25, 0.3) is 0 Å². The number of nitrogens with one attached hydrogen (secondary N) is 1. The molecule has 1 saturated heterocycles. The number of nitrogens with zero attached hydrogens (tertiary/aromatic N) is 3. The van der Waals surface area contributed by atoms with Crippen LogP contribution in [0.1, 0.15) is 46.9 Å². The van der Waals surface area contributed by atoms with E-state index in [2.05, 4.69) is 63.6 Å². The summed E-state index contributed by atoms with van der Waals surface area (Å²) in [7, 11) is 1.55. The third kappa shape index (κ3) is 6.79. The predicted molar refractivity (Wildman–Crippen MR) is 150 cm³/mol. The summed E-state index contributed by atoms with van der Waals surface area (Å²) in [6.45, 7) is 10.0. The van der Waals surface area contributed by atoms with E-state index in [1.54, 1.807) is 13.1 Å². The van der Waals surface area contributed by atoms with Gasteiger partial charge in [-0.25, -0.2) is 4.79 Å². The second-order valence-corrected chi connectivity index (χ2v) is 9.51.